The van der Waals surface area contributed by atoms with Crippen LogP contribution in [0.15, 0.2) is 0 Å². The topological polar surface area (TPSA) is 84.5 Å². The zero-order chi connectivity index (χ0) is 10.6. The number of urea groups is 1. The molecule has 1 saturated carbocycles. The molecule has 78 valence electrons. The van der Waals surface area contributed by atoms with Crippen LogP contribution in [0.5, 0.6) is 0 Å². The molecule has 0 aromatic carbocycles. The summed E-state index contributed by atoms with van der Waals surface area (Å²) in [7, 11) is 1.39. The maximum atomic E-state index is 11.0. The molecule has 0 saturated heterocycles. The Balaban J connectivity index is 2.13. The van der Waals surface area contributed by atoms with E-state index >= 15 is 0 Å². The van der Waals surface area contributed by atoms with Crippen LogP contribution in [0.25, 0.3) is 0 Å². The molecule has 0 atom stereocenters. The van der Waals surface area contributed by atoms with Crippen molar-refractivity contribution in [3.63, 3.8) is 0 Å². The minimum absolute atomic E-state index is 0.0391. The normalized spacial score (nSPS) is 14.4. The fourth-order valence-electron chi connectivity index (χ4n) is 0.799. The number of nitrogens with one attached hydrogen (secondary N) is 2. The van der Waals surface area contributed by atoms with Gasteiger partial charge in [0.15, 0.2) is 6.61 Å². The molecule has 1 rings (SSSR count). The molecule has 0 aromatic rings. The van der Waals surface area contributed by atoms with Crippen LogP contribution in [-0.2, 0) is 14.3 Å². The number of rotatable bonds is 3. The Morgan fingerprint density at radius 3 is 2.50 bits per heavy atom. The Kier molecular flexibility index (Phi) is 3.44. The van der Waals surface area contributed by atoms with Gasteiger partial charge in [0.25, 0.3) is 5.91 Å². The van der Waals surface area contributed by atoms with Crippen molar-refractivity contribution >= 4 is 17.9 Å². The van der Waals surface area contributed by atoms with Crippen LogP contribution in [0.4, 0.5) is 4.79 Å². The van der Waals surface area contributed by atoms with Gasteiger partial charge in [-0.25, -0.2) is 4.79 Å². The number of carbonyl (C=O) groups is 3. The largest absolute Gasteiger partial charge is 0.455 e. The molecule has 0 unspecified atom stereocenters. The zero-order valence-electron chi connectivity index (χ0n) is 7.83. The lowest BCUT2D eigenvalue weighted by Gasteiger charge is -2.03. The van der Waals surface area contributed by atoms with Gasteiger partial charge in [-0.1, -0.05) is 0 Å². The monoisotopic (exact) mass is 200 g/mol. The standard InChI is InChI=1S/C8H12N2O4/c1-9-8(13)10-6(11)4-14-7(12)5-2-3-5/h5H,2-4H2,1H3,(H2,9,10,11,13). The van der Waals surface area contributed by atoms with Gasteiger partial charge in [0.2, 0.25) is 0 Å². The van der Waals surface area contributed by atoms with E-state index in [1.54, 1.807) is 0 Å². The van der Waals surface area contributed by atoms with E-state index in [1.807, 2.05) is 5.32 Å². The molecule has 6 nitrogen and oxygen atoms in total. The van der Waals surface area contributed by atoms with E-state index in [0.29, 0.717) is 0 Å². The maximum Gasteiger partial charge on any atom is 0.321 e. The van der Waals surface area contributed by atoms with Crippen molar-refractivity contribution in [1.82, 2.24) is 10.6 Å². The van der Waals surface area contributed by atoms with E-state index in [9.17, 15) is 14.4 Å². The first-order valence-electron chi connectivity index (χ1n) is 4.31. The molecule has 6 heteroatoms. The summed E-state index contributed by atoms with van der Waals surface area (Å²) >= 11 is 0. The number of esters is 1. The van der Waals surface area contributed by atoms with E-state index in [0.717, 1.165) is 12.8 Å². The van der Waals surface area contributed by atoms with Gasteiger partial charge in [-0.2, -0.15) is 0 Å². The predicted octanol–water partition coefficient (Wildman–Crippen LogP) is -0.605. The molecule has 2 N–H and O–H groups in total. The summed E-state index contributed by atoms with van der Waals surface area (Å²) in [6.07, 6.45) is 1.66. The summed E-state index contributed by atoms with van der Waals surface area (Å²) in [4.78, 5) is 32.5. The van der Waals surface area contributed by atoms with Crippen molar-refractivity contribution in [2.75, 3.05) is 13.7 Å². The van der Waals surface area contributed by atoms with Crippen molar-refractivity contribution in [2.24, 2.45) is 5.92 Å². The van der Waals surface area contributed by atoms with Gasteiger partial charge in [-0.3, -0.25) is 14.9 Å². The van der Waals surface area contributed by atoms with Crippen LogP contribution in [0.2, 0.25) is 0 Å². The summed E-state index contributed by atoms with van der Waals surface area (Å²) in [6.45, 7) is -0.400. The van der Waals surface area contributed by atoms with Crippen LogP contribution in [0.1, 0.15) is 12.8 Å². The highest BCUT2D eigenvalue weighted by Crippen LogP contribution is 2.29. The fraction of sp³-hybridized carbons (Fsp3) is 0.625. The number of imide groups is 1. The molecular weight excluding hydrogens is 188 g/mol. The molecule has 14 heavy (non-hydrogen) atoms. The molecule has 0 aromatic heterocycles. The molecule has 1 aliphatic rings. The predicted molar refractivity (Wildman–Crippen MR) is 46.3 cm³/mol. The van der Waals surface area contributed by atoms with Crippen molar-refractivity contribution in [2.45, 2.75) is 12.8 Å². The molecule has 1 aliphatic carbocycles. The van der Waals surface area contributed by atoms with Crippen molar-refractivity contribution in [1.29, 1.82) is 0 Å². The van der Waals surface area contributed by atoms with Crippen molar-refractivity contribution < 1.29 is 19.1 Å². The van der Waals surface area contributed by atoms with Gasteiger partial charge in [-0.05, 0) is 12.8 Å². The fourth-order valence-corrected chi connectivity index (χ4v) is 0.799. The lowest BCUT2D eigenvalue weighted by Crippen LogP contribution is -2.39. The zero-order valence-corrected chi connectivity index (χ0v) is 7.83. The Bertz CT molecular complexity index is 260. The number of amides is 3. The number of hydrogen-bond acceptors (Lipinski definition) is 4. The number of ether oxygens (including phenoxy) is 1. The Labute approximate surface area is 81.0 Å². The van der Waals surface area contributed by atoms with E-state index < -0.39 is 18.5 Å². The molecular formula is C8H12N2O4. The van der Waals surface area contributed by atoms with Gasteiger partial charge in [0, 0.05) is 7.05 Å². The summed E-state index contributed by atoms with van der Waals surface area (Å²) < 4.78 is 4.64. The van der Waals surface area contributed by atoms with Gasteiger partial charge >= 0.3 is 12.0 Å². The molecule has 0 heterocycles. The van der Waals surface area contributed by atoms with Gasteiger partial charge in [0.1, 0.15) is 0 Å². The van der Waals surface area contributed by atoms with Gasteiger partial charge in [0.05, 0.1) is 5.92 Å². The molecule has 0 aliphatic heterocycles. The summed E-state index contributed by atoms with van der Waals surface area (Å²) in [5.41, 5.74) is 0. The quantitative estimate of drug-likeness (QED) is 0.595. The van der Waals surface area contributed by atoms with Gasteiger partial charge < -0.3 is 10.1 Å². The average molecular weight is 200 g/mol. The highest BCUT2D eigenvalue weighted by molar-refractivity contribution is 5.95. The maximum absolute atomic E-state index is 11.0. The first-order chi connectivity index (χ1) is 6.63. The van der Waals surface area contributed by atoms with Crippen LogP contribution in [0.3, 0.4) is 0 Å². The van der Waals surface area contributed by atoms with E-state index in [1.165, 1.54) is 7.05 Å². The van der Waals surface area contributed by atoms with Crippen LogP contribution < -0.4 is 10.6 Å². The summed E-state index contributed by atoms with van der Waals surface area (Å²) in [6, 6.07) is -0.613. The lowest BCUT2D eigenvalue weighted by atomic mass is 10.4. The molecule has 0 spiro atoms. The van der Waals surface area contributed by atoms with Crippen molar-refractivity contribution in [3.05, 3.63) is 0 Å². The Morgan fingerprint density at radius 2 is 2.00 bits per heavy atom. The number of carbonyl (C=O) groups excluding carboxylic acids is 3. The minimum atomic E-state index is -0.627. The highest BCUT2D eigenvalue weighted by Gasteiger charge is 2.31. The SMILES string of the molecule is CNC(=O)NC(=O)COC(=O)C1CC1. The third-order valence-corrected chi connectivity index (χ3v) is 1.74. The van der Waals surface area contributed by atoms with E-state index in [2.05, 4.69) is 10.1 Å². The Hall–Kier alpha value is -1.59. The second kappa shape index (κ2) is 4.59. The van der Waals surface area contributed by atoms with E-state index in [4.69, 9.17) is 0 Å². The van der Waals surface area contributed by atoms with Crippen LogP contribution in [0, 0.1) is 5.92 Å². The van der Waals surface area contributed by atoms with Crippen LogP contribution in [-0.4, -0.2) is 31.6 Å². The minimum Gasteiger partial charge on any atom is -0.455 e. The molecule has 3 amide bonds. The average Bonchev–Trinajstić information content (AvgIpc) is 2.97. The lowest BCUT2D eigenvalue weighted by molar-refractivity contribution is -0.149. The van der Waals surface area contributed by atoms with Gasteiger partial charge in [-0.15, -0.1) is 0 Å². The highest BCUT2D eigenvalue weighted by atomic mass is 16.5. The second-order valence-corrected chi connectivity index (χ2v) is 3.01. The smallest absolute Gasteiger partial charge is 0.321 e. The Morgan fingerprint density at radius 1 is 1.36 bits per heavy atom. The first-order valence-corrected chi connectivity index (χ1v) is 4.31. The summed E-state index contributed by atoms with van der Waals surface area (Å²) in [5.74, 6) is -1.03. The number of hydrogen-bond donors (Lipinski definition) is 2. The third kappa shape index (κ3) is 3.42. The molecule has 0 radical (unpaired) electrons. The molecule has 0 bridgehead atoms. The molecule has 1 fully saturated rings. The second-order valence-electron chi connectivity index (χ2n) is 3.01. The van der Waals surface area contributed by atoms with Crippen molar-refractivity contribution in [3.8, 4) is 0 Å². The van der Waals surface area contributed by atoms with Crippen LogP contribution >= 0.6 is 0 Å². The van der Waals surface area contributed by atoms with E-state index in [-0.39, 0.29) is 11.9 Å². The summed E-state index contributed by atoms with van der Waals surface area (Å²) in [5, 5.41) is 4.19. The third-order valence-electron chi connectivity index (χ3n) is 1.74. The first kappa shape index (κ1) is 10.5.